The molecule has 0 saturated carbocycles. The lowest BCUT2D eigenvalue weighted by Gasteiger charge is -2.46. The van der Waals surface area contributed by atoms with Gasteiger partial charge in [0.1, 0.15) is 6.07 Å². The summed E-state index contributed by atoms with van der Waals surface area (Å²) in [6.45, 7) is 6.51. The molecule has 0 atom stereocenters. The van der Waals surface area contributed by atoms with Gasteiger partial charge in [-0.1, -0.05) is 282 Å². The van der Waals surface area contributed by atoms with Crippen LogP contribution in [-0.2, 0) is 5.41 Å². The molecule has 0 N–H and O–H groups in total. The zero-order valence-electron chi connectivity index (χ0n) is 45.6. The van der Waals surface area contributed by atoms with E-state index in [1.165, 1.54) is 5.56 Å². The van der Waals surface area contributed by atoms with Gasteiger partial charge in [-0.15, -0.1) is 0 Å². The van der Waals surface area contributed by atoms with Gasteiger partial charge < -0.3 is 9.80 Å². The van der Waals surface area contributed by atoms with Gasteiger partial charge in [0, 0.05) is 39.3 Å². The van der Waals surface area contributed by atoms with Crippen LogP contribution in [-0.4, -0.2) is 6.71 Å². The van der Waals surface area contributed by atoms with Gasteiger partial charge in [0.2, 0.25) is 0 Å². The van der Waals surface area contributed by atoms with Crippen LogP contribution in [0.3, 0.4) is 0 Å². The minimum atomic E-state index is -0.322. The van der Waals surface area contributed by atoms with Gasteiger partial charge in [-0.2, -0.15) is 5.26 Å². The Balaban J connectivity index is 1.19. The minimum Gasteiger partial charge on any atom is -0.310 e. The fourth-order valence-electron chi connectivity index (χ4n) is 12.6. The summed E-state index contributed by atoms with van der Waals surface area (Å²) in [5.74, 6) is 0. The Bertz CT molecular complexity index is 4240. The molecule has 0 spiro atoms. The number of anilines is 6. The summed E-state index contributed by atoms with van der Waals surface area (Å²) in [4.78, 5) is 5.08. The molecule has 2 heterocycles. The number of nitrogens with zero attached hydrogens (tertiary/aromatic N) is 3. The number of para-hydroxylation sites is 2. The van der Waals surface area contributed by atoms with Gasteiger partial charge in [-0.3, -0.25) is 0 Å². The first kappa shape index (κ1) is 49.1. The zero-order chi connectivity index (χ0) is 54.6. The van der Waals surface area contributed by atoms with Gasteiger partial charge in [0.25, 0.3) is 6.71 Å². The molecule has 0 amide bonds. The Hall–Kier alpha value is -10.2. The fraction of sp³-hybridized carbons (Fsp3) is 0.0519. The summed E-state index contributed by atoms with van der Waals surface area (Å²) in [5.41, 5.74) is 26.6. The molecule has 3 nitrogen and oxygen atoms in total. The summed E-state index contributed by atoms with van der Waals surface area (Å²) in [6, 6.07) is 107. The molecule has 14 rings (SSSR count). The molecule has 0 bridgehead atoms. The van der Waals surface area contributed by atoms with Gasteiger partial charge in [-0.05, 0) is 107 Å². The standard InChI is InChI=1S/C77H56BN3/c1-77(2,3)63-43-40-54(41-44-63)61-49-71-73-72(50-61)81(76-66(57-32-18-8-19-33-57)38-23-39-67(76)58-34-20-9-21-35-58)74-62(51-79)46-60(53-26-12-5-13-27-53)48-69(74)78(73)68-47-59(52-24-10-4-11-25-52)42-45-70(68)80(71)75-64(55-28-14-6-15-29-55)36-22-37-65(75)56-30-16-7-17-31-56/h4-50H,1-3H3. The van der Waals surface area contributed by atoms with Gasteiger partial charge in [-0.25, -0.2) is 0 Å². The topological polar surface area (TPSA) is 30.3 Å². The first-order valence-corrected chi connectivity index (χ1v) is 28.0. The highest BCUT2D eigenvalue weighted by Crippen LogP contribution is 2.54. The van der Waals surface area contributed by atoms with Crippen molar-refractivity contribution < 1.29 is 0 Å². The van der Waals surface area contributed by atoms with E-state index < -0.39 is 0 Å². The maximum Gasteiger partial charge on any atom is 0.252 e. The molecule has 382 valence electrons. The molecule has 12 aromatic carbocycles. The number of hydrogen-bond donors (Lipinski definition) is 0. The second kappa shape index (κ2) is 20.2. The predicted molar refractivity (Wildman–Crippen MR) is 342 cm³/mol. The van der Waals surface area contributed by atoms with Crippen molar-refractivity contribution in [2.75, 3.05) is 9.80 Å². The summed E-state index contributed by atoms with van der Waals surface area (Å²) in [5, 5.41) is 12.0. The van der Waals surface area contributed by atoms with E-state index >= 15 is 0 Å². The van der Waals surface area contributed by atoms with E-state index in [0.717, 1.165) is 128 Å². The third-order valence-corrected chi connectivity index (χ3v) is 16.4. The van der Waals surface area contributed by atoms with Crippen molar-refractivity contribution in [2.24, 2.45) is 0 Å². The number of fused-ring (bicyclic) bond motifs is 4. The van der Waals surface area contributed by atoms with E-state index in [4.69, 9.17) is 0 Å². The van der Waals surface area contributed by atoms with E-state index in [-0.39, 0.29) is 12.1 Å². The van der Waals surface area contributed by atoms with E-state index in [9.17, 15) is 5.26 Å². The first-order valence-electron chi connectivity index (χ1n) is 28.0. The molecule has 0 aromatic heterocycles. The van der Waals surface area contributed by atoms with Crippen LogP contribution in [0.2, 0.25) is 0 Å². The van der Waals surface area contributed by atoms with Gasteiger partial charge >= 0.3 is 0 Å². The molecule has 12 aromatic rings. The monoisotopic (exact) mass is 1030 g/mol. The maximum atomic E-state index is 12.0. The van der Waals surface area contributed by atoms with Crippen LogP contribution in [0.4, 0.5) is 34.1 Å². The average Bonchev–Trinajstić information content (AvgIpc) is 2.38. The molecule has 2 aliphatic rings. The highest BCUT2D eigenvalue weighted by molar-refractivity contribution is 7.00. The van der Waals surface area contributed by atoms with E-state index in [1.54, 1.807) is 0 Å². The third kappa shape index (κ3) is 8.63. The number of rotatable bonds is 9. The zero-order valence-corrected chi connectivity index (χ0v) is 45.6. The van der Waals surface area contributed by atoms with Crippen molar-refractivity contribution >= 4 is 57.2 Å². The normalized spacial score (nSPS) is 12.3. The van der Waals surface area contributed by atoms with Gasteiger partial charge in [0.05, 0.1) is 22.6 Å². The Labute approximate surface area is 476 Å². The summed E-state index contributed by atoms with van der Waals surface area (Å²) < 4.78 is 0. The second-order valence-electron chi connectivity index (χ2n) is 22.3. The number of nitriles is 1. The fourth-order valence-corrected chi connectivity index (χ4v) is 12.6. The number of benzene rings is 12. The van der Waals surface area contributed by atoms with Crippen molar-refractivity contribution in [1.29, 1.82) is 5.26 Å². The van der Waals surface area contributed by atoms with Crippen molar-refractivity contribution in [2.45, 2.75) is 26.2 Å². The van der Waals surface area contributed by atoms with Crippen LogP contribution in [0.1, 0.15) is 31.9 Å². The summed E-state index contributed by atoms with van der Waals surface area (Å²) in [6.07, 6.45) is 0. The lowest BCUT2D eigenvalue weighted by atomic mass is 9.33. The molecule has 0 unspecified atom stereocenters. The van der Waals surface area contributed by atoms with Crippen molar-refractivity contribution in [3.05, 3.63) is 296 Å². The Kier molecular flexibility index (Phi) is 12.3. The molecule has 81 heavy (non-hydrogen) atoms. The van der Waals surface area contributed by atoms with Crippen LogP contribution >= 0.6 is 0 Å². The summed E-state index contributed by atoms with van der Waals surface area (Å²) >= 11 is 0. The van der Waals surface area contributed by atoms with Crippen molar-refractivity contribution in [3.8, 4) is 84.0 Å². The highest BCUT2D eigenvalue weighted by Gasteiger charge is 2.46. The molecule has 0 radical (unpaired) electrons. The van der Waals surface area contributed by atoms with E-state index in [0.29, 0.717) is 5.56 Å². The van der Waals surface area contributed by atoms with E-state index in [2.05, 4.69) is 322 Å². The van der Waals surface area contributed by atoms with Crippen LogP contribution in [0.25, 0.3) is 77.9 Å². The molecule has 2 aliphatic heterocycles. The molecule has 0 saturated heterocycles. The average molecular weight is 1030 g/mol. The van der Waals surface area contributed by atoms with Crippen LogP contribution in [0.5, 0.6) is 0 Å². The summed E-state index contributed by atoms with van der Waals surface area (Å²) in [7, 11) is 0. The molecular formula is C77H56BN3. The molecule has 0 aliphatic carbocycles. The van der Waals surface area contributed by atoms with Crippen LogP contribution in [0, 0.1) is 11.3 Å². The smallest absolute Gasteiger partial charge is 0.252 e. The maximum absolute atomic E-state index is 12.0. The minimum absolute atomic E-state index is 0.0382. The van der Waals surface area contributed by atoms with E-state index in [1.807, 2.05) is 0 Å². The quantitative estimate of drug-likeness (QED) is 0.135. The number of hydrogen-bond acceptors (Lipinski definition) is 3. The Morgan fingerprint density at radius 2 is 0.679 bits per heavy atom. The van der Waals surface area contributed by atoms with Crippen LogP contribution < -0.4 is 26.2 Å². The Morgan fingerprint density at radius 3 is 1.12 bits per heavy atom. The van der Waals surface area contributed by atoms with Gasteiger partial charge in [0.15, 0.2) is 0 Å². The van der Waals surface area contributed by atoms with Crippen molar-refractivity contribution in [1.82, 2.24) is 0 Å². The SMILES string of the molecule is CC(C)(C)c1ccc(-c2cc3c4c(c2)N(c2c(-c5ccccc5)cccc2-c2ccccc2)c2c(C#N)cc(-c5ccccc5)cc2B4c2cc(-c4ccccc4)ccc2N3c2c(-c3ccccc3)cccc2-c2ccccc2)cc1. The lowest BCUT2D eigenvalue weighted by Crippen LogP contribution is -2.61. The highest BCUT2D eigenvalue weighted by atomic mass is 15.2. The van der Waals surface area contributed by atoms with Crippen molar-refractivity contribution in [3.63, 3.8) is 0 Å². The largest absolute Gasteiger partial charge is 0.310 e. The molecule has 0 fully saturated rings. The Morgan fingerprint density at radius 1 is 0.309 bits per heavy atom. The predicted octanol–water partition coefficient (Wildman–Crippen LogP) is 18.6. The lowest BCUT2D eigenvalue weighted by molar-refractivity contribution is 0.590. The first-order chi connectivity index (χ1) is 39.8. The molecule has 4 heteroatoms. The van der Waals surface area contributed by atoms with Crippen LogP contribution in [0.15, 0.2) is 285 Å². The second-order valence-corrected chi connectivity index (χ2v) is 22.3. The molecular weight excluding hydrogens is 978 g/mol. The third-order valence-electron chi connectivity index (χ3n) is 16.4.